The fraction of sp³-hybridized carbons (Fsp3) is 0.125. The van der Waals surface area contributed by atoms with E-state index in [1.165, 1.54) is 36.7 Å². The van der Waals surface area contributed by atoms with E-state index >= 15 is 0 Å². The number of hydrazone groups is 1. The van der Waals surface area contributed by atoms with Crippen LogP contribution in [0, 0.1) is 25.5 Å². The number of halogens is 5. The van der Waals surface area contributed by atoms with Crippen LogP contribution in [-0.2, 0) is 5.75 Å². The van der Waals surface area contributed by atoms with E-state index in [0.717, 1.165) is 40.7 Å². The van der Waals surface area contributed by atoms with Crippen LogP contribution in [0.2, 0.25) is 0 Å². The van der Waals surface area contributed by atoms with Gasteiger partial charge in [0.15, 0.2) is 5.17 Å². The molecule has 0 amide bonds. The minimum atomic E-state index is -4.77. The molecule has 3 N–H and O–H groups in total. The van der Waals surface area contributed by atoms with Crippen molar-refractivity contribution in [3.05, 3.63) is 124 Å². The molecule has 0 aliphatic rings. The summed E-state index contributed by atoms with van der Waals surface area (Å²) in [5.41, 5.74) is 13.1. The van der Waals surface area contributed by atoms with E-state index in [9.17, 15) is 22.0 Å². The van der Waals surface area contributed by atoms with Crippen molar-refractivity contribution in [3.63, 3.8) is 0 Å². The molecule has 0 radical (unpaired) electrons. The Bertz CT molecular complexity index is 1700. The Morgan fingerprint density at radius 1 is 0.889 bits per heavy atom. The van der Waals surface area contributed by atoms with Gasteiger partial charge in [-0.3, -0.25) is 5.43 Å². The van der Waals surface area contributed by atoms with E-state index in [4.69, 9.17) is 5.73 Å². The topological polar surface area (TPSA) is 96.7 Å². The normalized spacial score (nSPS) is 12.7. The first-order valence-electron chi connectivity index (χ1n) is 13.3. The second-order valence-electron chi connectivity index (χ2n) is 9.44. The molecular formula is C32H27F5N6OS. The van der Waals surface area contributed by atoms with Gasteiger partial charge in [-0.05, 0) is 66.9 Å². The van der Waals surface area contributed by atoms with E-state index in [1.54, 1.807) is 30.5 Å². The van der Waals surface area contributed by atoms with Gasteiger partial charge in [0.1, 0.15) is 29.6 Å². The minimum Gasteiger partial charge on any atom is -0.406 e. The summed E-state index contributed by atoms with van der Waals surface area (Å²) in [7, 11) is 0. The summed E-state index contributed by atoms with van der Waals surface area (Å²) in [5.74, 6) is -1.47. The quantitative estimate of drug-likeness (QED) is 0.0838. The number of para-hydroxylation sites is 1. The maximum Gasteiger partial charge on any atom is 0.573 e. The van der Waals surface area contributed by atoms with Crippen molar-refractivity contribution in [2.75, 3.05) is 0 Å². The molecule has 0 spiro atoms. The summed E-state index contributed by atoms with van der Waals surface area (Å²) in [5, 5.41) is 4.62. The summed E-state index contributed by atoms with van der Waals surface area (Å²) in [6, 6.07) is 21.4. The van der Waals surface area contributed by atoms with Crippen molar-refractivity contribution < 1.29 is 26.7 Å². The number of benzene rings is 4. The maximum absolute atomic E-state index is 14.2. The van der Waals surface area contributed by atoms with Crippen LogP contribution in [-0.4, -0.2) is 29.9 Å². The number of aliphatic imine (C=N–C) groups is 3. The van der Waals surface area contributed by atoms with Crippen LogP contribution in [0.15, 0.2) is 105 Å². The van der Waals surface area contributed by atoms with E-state index in [1.807, 2.05) is 32.0 Å². The van der Waals surface area contributed by atoms with Gasteiger partial charge in [-0.15, -0.1) is 13.2 Å². The van der Waals surface area contributed by atoms with Gasteiger partial charge in [0.25, 0.3) is 0 Å². The van der Waals surface area contributed by atoms with Crippen molar-refractivity contribution in [2.24, 2.45) is 25.8 Å². The lowest BCUT2D eigenvalue weighted by atomic mass is 10.1. The number of hydrogen-bond acceptors (Lipinski definition) is 5. The summed E-state index contributed by atoms with van der Waals surface area (Å²) < 4.78 is 69.1. The molecule has 0 aliphatic heterocycles. The molecule has 0 bridgehead atoms. The van der Waals surface area contributed by atoms with E-state index < -0.39 is 18.0 Å². The third-order valence-electron chi connectivity index (χ3n) is 6.12. The lowest BCUT2D eigenvalue weighted by molar-refractivity contribution is -0.274. The van der Waals surface area contributed by atoms with Gasteiger partial charge >= 0.3 is 6.36 Å². The second-order valence-corrected chi connectivity index (χ2v) is 10.4. The van der Waals surface area contributed by atoms with Crippen LogP contribution in [0.3, 0.4) is 0 Å². The molecule has 0 atom stereocenters. The van der Waals surface area contributed by atoms with Crippen LogP contribution >= 0.6 is 11.8 Å². The summed E-state index contributed by atoms with van der Waals surface area (Å²) in [6.07, 6.45) is -2.03. The number of nitrogens with one attached hydrogen (secondary N) is 1. The third-order valence-corrected chi connectivity index (χ3v) is 7.01. The summed E-state index contributed by atoms with van der Waals surface area (Å²) in [4.78, 5) is 12.8. The highest BCUT2D eigenvalue weighted by molar-refractivity contribution is 8.13. The Morgan fingerprint density at radius 2 is 1.51 bits per heavy atom. The first-order chi connectivity index (χ1) is 21.5. The zero-order valence-electron chi connectivity index (χ0n) is 24.0. The highest BCUT2D eigenvalue weighted by Crippen LogP contribution is 2.27. The number of hydrogen-bond donors (Lipinski definition) is 2. The van der Waals surface area contributed by atoms with Gasteiger partial charge in [-0.25, -0.2) is 23.8 Å². The Balaban J connectivity index is 1.42. The molecule has 7 nitrogen and oxygen atoms in total. The first kappa shape index (κ1) is 32.9. The fourth-order valence-corrected chi connectivity index (χ4v) is 4.68. The number of nitrogens with two attached hydrogens (primary N) is 1. The smallest absolute Gasteiger partial charge is 0.406 e. The molecule has 0 fully saturated rings. The number of amidine groups is 2. The van der Waals surface area contributed by atoms with Crippen LogP contribution in [0.5, 0.6) is 5.75 Å². The lowest BCUT2D eigenvalue weighted by Crippen LogP contribution is -2.16. The fourth-order valence-electron chi connectivity index (χ4n) is 3.85. The SMILES string of the molecule is Cc1cccc(C)c1N=C(N/N=C\c1ccc(C(N)=NC=Nc2ccc(OC(F)(F)F)cc2)cc1)SCc1c(F)cccc1F. The van der Waals surface area contributed by atoms with Gasteiger partial charge in [0.05, 0.1) is 17.6 Å². The monoisotopic (exact) mass is 638 g/mol. The molecule has 45 heavy (non-hydrogen) atoms. The molecule has 4 aromatic carbocycles. The molecular weight excluding hydrogens is 611 g/mol. The number of nitrogens with zero attached hydrogens (tertiary/aromatic N) is 4. The van der Waals surface area contributed by atoms with E-state index in [0.29, 0.717) is 22.0 Å². The number of thioether (sulfide) groups is 1. The van der Waals surface area contributed by atoms with Gasteiger partial charge in [-0.2, -0.15) is 5.10 Å². The first-order valence-corrected chi connectivity index (χ1v) is 14.3. The lowest BCUT2D eigenvalue weighted by Gasteiger charge is -2.10. The number of aryl methyl sites for hydroxylation is 2. The third kappa shape index (κ3) is 10.00. The molecule has 0 aromatic heterocycles. The molecule has 0 saturated heterocycles. The Morgan fingerprint density at radius 3 is 2.13 bits per heavy atom. The van der Waals surface area contributed by atoms with E-state index in [-0.39, 0.29) is 22.9 Å². The minimum absolute atomic E-state index is 0.000809. The number of ether oxygens (including phenoxy) is 1. The van der Waals surface area contributed by atoms with Crippen LogP contribution < -0.4 is 15.9 Å². The zero-order chi connectivity index (χ0) is 32.4. The van der Waals surface area contributed by atoms with Crippen LogP contribution in [0.4, 0.5) is 33.3 Å². The highest BCUT2D eigenvalue weighted by Gasteiger charge is 2.30. The Hall–Kier alpha value is -5.04. The van der Waals surface area contributed by atoms with Crippen molar-refractivity contribution in [1.82, 2.24) is 5.43 Å². The molecule has 0 unspecified atom stereocenters. The predicted molar refractivity (Wildman–Crippen MR) is 170 cm³/mol. The molecule has 4 aromatic rings. The standard InChI is InChI=1S/C32H27F5N6OS/c1-20-5-3-6-21(2)29(20)42-31(45-18-26-27(33)7-4-8-28(26)34)43-41-17-22-9-11-23(12-10-22)30(38)40-19-39-24-13-15-25(16-14-24)44-32(35,36)37/h3-17,19H,18H2,1-2H3,(H,42,43)(H2,38,39,40)/b41-17-. The maximum atomic E-state index is 14.2. The zero-order valence-corrected chi connectivity index (χ0v) is 24.8. The van der Waals surface area contributed by atoms with Gasteiger partial charge in [0, 0.05) is 16.9 Å². The number of alkyl halides is 3. The van der Waals surface area contributed by atoms with Crippen LogP contribution in [0.1, 0.15) is 27.8 Å². The molecule has 232 valence electrons. The average molecular weight is 639 g/mol. The van der Waals surface area contributed by atoms with Gasteiger partial charge < -0.3 is 10.5 Å². The van der Waals surface area contributed by atoms with Crippen molar-refractivity contribution in [2.45, 2.75) is 26.0 Å². The van der Waals surface area contributed by atoms with Gasteiger partial charge in [-0.1, -0.05) is 60.3 Å². The van der Waals surface area contributed by atoms with Gasteiger partial charge in [0.2, 0.25) is 0 Å². The molecule has 0 aliphatic carbocycles. The van der Waals surface area contributed by atoms with E-state index in [2.05, 4.69) is 30.2 Å². The van der Waals surface area contributed by atoms with Crippen molar-refractivity contribution >= 4 is 46.7 Å². The largest absolute Gasteiger partial charge is 0.573 e. The Kier molecular flexibility index (Phi) is 11.0. The predicted octanol–water partition coefficient (Wildman–Crippen LogP) is 8.09. The molecule has 13 heteroatoms. The summed E-state index contributed by atoms with van der Waals surface area (Å²) >= 11 is 1.11. The highest BCUT2D eigenvalue weighted by atomic mass is 32.2. The number of rotatable bonds is 9. The average Bonchev–Trinajstić information content (AvgIpc) is 2.99. The summed E-state index contributed by atoms with van der Waals surface area (Å²) in [6.45, 7) is 3.84. The van der Waals surface area contributed by atoms with Crippen LogP contribution in [0.25, 0.3) is 0 Å². The molecule has 0 saturated carbocycles. The van der Waals surface area contributed by atoms with Crippen molar-refractivity contribution in [1.29, 1.82) is 0 Å². The van der Waals surface area contributed by atoms with Crippen molar-refractivity contribution in [3.8, 4) is 5.75 Å². The molecule has 0 heterocycles. The Labute approximate surface area is 260 Å². The molecule has 4 rings (SSSR count). The second kappa shape index (κ2) is 15.1.